The highest BCUT2D eigenvalue weighted by Gasteiger charge is 2.16. The van der Waals surface area contributed by atoms with Crippen molar-refractivity contribution in [2.24, 2.45) is 0 Å². The lowest BCUT2D eigenvalue weighted by Gasteiger charge is -2.10. The van der Waals surface area contributed by atoms with E-state index in [9.17, 15) is 4.79 Å². The zero-order valence-electron chi connectivity index (χ0n) is 12.6. The Morgan fingerprint density at radius 2 is 2.08 bits per heavy atom. The van der Waals surface area contributed by atoms with E-state index < -0.39 is 5.97 Å². The van der Waals surface area contributed by atoms with Gasteiger partial charge in [-0.1, -0.05) is 29.3 Å². The monoisotopic (exact) mass is 365 g/mol. The van der Waals surface area contributed by atoms with Crippen LogP contribution in [0.5, 0.6) is 0 Å². The topological polar surface area (TPSA) is 96.7 Å². The second-order valence-corrected chi connectivity index (χ2v) is 5.74. The van der Waals surface area contributed by atoms with Gasteiger partial charge in [0.25, 0.3) is 0 Å². The number of ether oxygens (including phenoxy) is 1. The van der Waals surface area contributed by atoms with Crippen molar-refractivity contribution in [1.29, 1.82) is 5.41 Å². The van der Waals surface area contributed by atoms with E-state index in [1.807, 2.05) is 0 Å². The number of H-pyrrole nitrogens is 1. The predicted molar refractivity (Wildman–Crippen MR) is 89.3 cm³/mol. The van der Waals surface area contributed by atoms with Crippen molar-refractivity contribution in [3.8, 4) is 0 Å². The van der Waals surface area contributed by atoms with E-state index in [1.54, 1.807) is 29.7 Å². The molecule has 3 rings (SSSR count). The van der Waals surface area contributed by atoms with Crippen LogP contribution in [0.15, 0.2) is 24.5 Å². The summed E-state index contributed by atoms with van der Waals surface area (Å²) >= 11 is 12.4. The van der Waals surface area contributed by atoms with E-state index in [4.69, 9.17) is 33.3 Å². The molecule has 0 amide bonds. The maximum absolute atomic E-state index is 11.9. The Balaban J connectivity index is 2.10. The van der Waals surface area contributed by atoms with Crippen LogP contribution < -0.4 is 5.49 Å². The number of aromatic nitrogens is 4. The van der Waals surface area contributed by atoms with Gasteiger partial charge in [-0.05, 0) is 19.1 Å². The van der Waals surface area contributed by atoms with Crippen molar-refractivity contribution in [1.82, 2.24) is 19.5 Å². The van der Waals surface area contributed by atoms with Crippen LogP contribution >= 0.6 is 23.2 Å². The molecule has 24 heavy (non-hydrogen) atoms. The lowest BCUT2D eigenvalue weighted by Crippen LogP contribution is -2.13. The first-order valence-corrected chi connectivity index (χ1v) is 7.86. The number of hydrogen-bond donors (Lipinski definition) is 2. The number of nitrogens with zero attached hydrogens (tertiary/aromatic N) is 3. The summed E-state index contributed by atoms with van der Waals surface area (Å²) in [5.41, 5.74) is 1.42. The number of rotatable bonds is 4. The van der Waals surface area contributed by atoms with Gasteiger partial charge in [-0.3, -0.25) is 5.41 Å². The van der Waals surface area contributed by atoms with Crippen LogP contribution in [0.1, 0.15) is 23.1 Å². The van der Waals surface area contributed by atoms with Crippen molar-refractivity contribution in [2.75, 3.05) is 6.61 Å². The van der Waals surface area contributed by atoms with E-state index in [2.05, 4.69) is 15.0 Å². The first kappa shape index (κ1) is 16.5. The van der Waals surface area contributed by atoms with Crippen molar-refractivity contribution >= 4 is 40.3 Å². The van der Waals surface area contributed by atoms with Gasteiger partial charge in [-0.15, -0.1) is 0 Å². The summed E-state index contributed by atoms with van der Waals surface area (Å²) < 4.78 is 6.59. The number of esters is 1. The first-order valence-electron chi connectivity index (χ1n) is 7.11. The van der Waals surface area contributed by atoms with Gasteiger partial charge >= 0.3 is 5.97 Å². The summed E-state index contributed by atoms with van der Waals surface area (Å²) in [6.45, 7) is 2.24. The second kappa shape index (κ2) is 6.62. The summed E-state index contributed by atoms with van der Waals surface area (Å²) in [7, 11) is 0. The Kier molecular flexibility index (Phi) is 4.55. The average molecular weight is 366 g/mol. The molecular weight excluding hydrogens is 353 g/mol. The van der Waals surface area contributed by atoms with Crippen LogP contribution in [0.4, 0.5) is 0 Å². The van der Waals surface area contributed by atoms with Crippen LogP contribution in [0, 0.1) is 5.41 Å². The van der Waals surface area contributed by atoms with E-state index in [0.29, 0.717) is 33.3 Å². The summed E-state index contributed by atoms with van der Waals surface area (Å²) in [6, 6.07) is 5.23. The van der Waals surface area contributed by atoms with E-state index in [1.165, 1.54) is 6.33 Å². The minimum atomic E-state index is -0.588. The standard InChI is InChI=1S/C15H13Cl2N5O2/c1-2-24-15(23)13-20-11-12(18)19-7-22(14(11)21-13)6-8-9(16)4-3-5-10(8)17/h3-5,7,18H,2,6H2,1H3,(H,20,21). The lowest BCUT2D eigenvalue weighted by atomic mass is 10.2. The van der Waals surface area contributed by atoms with Gasteiger partial charge in [0.15, 0.2) is 11.1 Å². The fourth-order valence-corrected chi connectivity index (χ4v) is 2.77. The number of imidazole rings is 1. The number of benzene rings is 1. The molecule has 0 saturated carbocycles. The molecule has 124 valence electrons. The van der Waals surface area contributed by atoms with Crippen LogP contribution in [0.2, 0.25) is 10.0 Å². The molecule has 2 N–H and O–H groups in total. The minimum absolute atomic E-state index is 0.0189. The molecule has 3 aromatic rings. The SMILES string of the molecule is CCOC(=O)c1nc2c([nH]1)c(=N)ncn2Cc1c(Cl)cccc1Cl. The van der Waals surface area contributed by atoms with Crippen LogP contribution in [0.3, 0.4) is 0 Å². The van der Waals surface area contributed by atoms with Gasteiger partial charge in [0.1, 0.15) is 5.52 Å². The van der Waals surface area contributed by atoms with Crippen molar-refractivity contribution in [3.05, 3.63) is 51.4 Å². The smallest absolute Gasteiger partial charge is 0.374 e. The van der Waals surface area contributed by atoms with E-state index in [-0.39, 0.29) is 17.9 Å². The Labute approximate surface area is 146 Å². The zero-order valence-corrected chi connectivity index (χ0v) is 14.1. The predicted octanol–water partition coefficient (Wildman–Crippen LogP) is 2.77. The molecule has 1 aromatic carbocycles. The Morgan fingerprint density at radius 3 is 2.75 bits per heavy atom. The molecule has 0 aliphatic rings. The number of aromatic amines is 1. The molecule has 0 atom stereocenters. The van der Waals surface area contributed by atoms with Gasteiger partial charge in [0, 0.05) is 15.6 Å². The maximum Gasteiger partial charge on any atom is 0.374 e. The number of carbonyl (C=O) groups excluding carboxylic acids is 1. The minimum Gasteiger partial charge on any atom is -0.460 e. The van der Waals surface area contributed by atoms with Crippen LogP contribution in [-0.2, 0) is 11.3 Å². The number of halogens is 2. The molecule has 0 bridgehead atoms. The highest BCUT2D eigenvalue weighted by Crippen LogP contribution is 2.25. The number of fused-ring (bicyclic) bond motifs is 1. The van der Waals surface area contributed by atoms with E-state index >= 15 is 0 Å². The molecule has 0 radical (unpaired) electrons. The van der Waals surface area contributed by atoms with Crippen LogP contribution in [-0.4, -0.2) is 32.1 Å². The zero-order chi connectivity index (χ0) is 17.3. The number of carbonyl (C=O) groups is 1. The lowest BCUT2D eigenvalue weighted by molar-refractivity contribution is 0.0513. The number of hydrogen-bond acceptors (Lipinski definition) is 5. The molecule has 0 fully saturated rings. The molecule has 9 heteroatoms. The van der Waals surface area contributed by atoms with Crippen LogP contribution in [0.25, 0.3) is 11.2 Å². The highest BCUT2D eigenvalue weighted by atomic mass is 35.5. The molecule has 0 saturated heterocycles. The third kappa shape index (κ3) is 3.00. The highest BCUT2D eigenvalue weighted by molar-refractivity contribution is 6.36. The molecule has 0 unspecified atom stereocenters. The molecule has 2 heterocycles. The molecule has 7 nitrogen and oxygen atoms in total. The van der Waals surface area contributed by atoms with Crippen molar-refractivity contribution in [2.45, 2.75) is 13.5 Å². The fourth-order valence-electron chi connectivity index (χ4n) is 2.25. The largest absolute Gasteiger partial charge is 0.460 e. The third-order valence-electron chi connectivity index (χ3n) is 3.38. The second-order valence-electron chi connectivity index (χ2n) is 4.93. The molecule has 0 aliphatic heterocycles. The molecule has 0 spiro atoms. The maximum atomic E-state index is 11.9. The summed E-state index contributed by atoms with van der Waals surface area (Å²) in [6.07, 6.45) is 1.46. The molecule has 0 aliphatic carbocycles. The van der Waals surface area contributed by atoms with Gasteiger partial charge in [0.2, 0.25) is 5.82 Å². The van der Waals surface area contributed by atoms with Gasteiger partial charge in [0.05, 0.1) is 19.5 Å². The summed E-state index contributed by atoms with van der Waals surface area (Å²) in [4.78, 5) is 22.9. The quantitative estimate of drug-likeness (QED) is 0.694. The van der Waals surface area contributed by atoms with Gasteiger partial charge in [-0.2, -0.15) is 0 Å². The Morgan fingerprint density at radius 1 is 1.38 bits per heavy atom. The molecular formula is C15H13Cl2N5O2. The van der Waals surface area contributed by atoms with Gasteiger partial charge in [-0.25, -0.2) is 14.8 Å². The Bertz CT molecular complexity index is 959. The van der Waals surface area contributed by atoms with Gasteiger partial charge < -0.3 is 14.3 Å². The summed E-state index contributed by atoms with van der Waals surface area (Å²) in [5, 5.41) is 8.91. The average Bonchev–Trinajstić information content (AvgIpc) is 3.00. The van der Waals surface area contributed by atoms with Crippen molar-refractivity contribution in [3.63, 3.8) is 0 Å². The summed E-state index contributed by atoms with van der Waals surface area (Å²) in [5.74, 6) is -0.567. The normalized spacial score (nSPS) is 11.0. The first-order chi connectivity index (χ1) is 11.5. The van der Waals surface area contributed by atoms with Crippen molar-refractivity contribution < 1.29 is 9.53 Å². The van der Waals surface area contributed by atoms with E-state index in [0.717, 1.165) is 0 Å². The Hall–Kier alpha value is -2.38. The fraction of sp³-hybridized carbons (Fsp3) is 0.200. The molecule has 2 aromatic heterocycles. The third-order valence-corrected chi connectivity index (χ3v) is 4.09. The number of nitrogens with one attached hydrogen (secondary N) is 2.